The fourth-order valence-electron chi connectivity index (χ4n) is 2.03. The molecule has 0 spiro atoms. The van der Waals surface area contributed by atoms with Crippen molar-refractivity contribution in [3.8, 4) is 29.4 Å². The Balaban J connectivity index is 1.89. The van der Waals surface area contributed by atoms with E-state index in [2.05, 4.69) is 31.5 Å². The first-order valence-electron chi connectivity index (χ1n) is 7.07. The van der Waals surface area contributed by atoms with Crippen molar-refractivity contribution in [3.63, 3.8) is 0 Å². The Kier molecular flexibility index (Phi) is 4.50. The summed E-state index contributed by atoms with van der Waals surface area (Å²) in [6.45, 7) is 0.338. The number of pyridine rings is 1. The number of hydrogen-bond acceptors (Lipinski definition) is 5. The van der Waals surface area contributed by atoms with Crippen LogP contribution in [0.1, 0.15) is 0 Å². The SMILES string of the molecule is C#CCNC(=S)Nc1ccc2ncc(-c3ccc(O)cc3)nc2n1. The number of nitrogens with zero attached hydrogens (tertiary/aromatic N) is 3. The fourth-order valence-corrected chi connectivity index (χ4v) is 2.21. The van der Waals surface area contributed by atoms with Crippen LogP contribution in [0.3, 0.4) is 0 Å². The highest BCUT2D eigenvalue weighted by atomic mass is 32.1. The van der Waals surface area contributed by atoms with Crippen molar-refractivity contribution in [3.05, 3.63) is 42.6 Å². The second-order valence-electron chi connectivity index (χ2n) is 4.85. The minimum Gasteiger partial charge on any atom is -0.508 e. The van der Waals surface area contributed by atoms with Crippen molar-refractivity contribution in [2.24, 2.45) is 0 Å². The number of benzene rings is 1. The molecule has 118 valence electrons. The van der Waals surface area contributed by atoms with Crippen molar-refractivity contribution in [2.45, 2.75) is 0 Å². The van der Waals surface area contributed by atoms with E-state index in [9.17, 15) is 5.11 Å². The van der Waals surface area contributed by atoms with Crippen LogP contribution in [-0.4, -0.2) is 31.7 Å². The van der Waals surface area contributed by atoms with Crippen molar-refractivity contribution in [2.75, 3.05) is 11.9 Å². The zero-order chi connectivity index (χ0) is 16.9. The molecule has 2 aromatic heterocycles. The molecule has 1 aromatic carbocycles. The highest BCUT2D eigenvalue weighted by molar-refractivity contribution is 7.80. The van der Waals surface area contributed by atoms with Crippen LogP contribution in [0, 0.1) is 12.3 Å². The largest absolute Gasteiger partial charge is 0.508 e. The molecule has 0 saturated heterocycles. The lowest BCUT2D eigenvalue weighted by Gasteiger charge is -2.08. The van der Waals surface area contributed by atoms with Gasteiger partial charge in [0.25, 0.3) is 0 Å². The van der Waals surface area contributed by atoms with E-state index in [0.717, 1.165) is 5.56 Å². The lowest BCUT2D eigenvalue weighted by atomic mass is 10.1. The van der Waals surface area contributed by atoms with E-state index < -0.39 is 0 Å². The van der Waals surface area contributed by atoms with Gasteiger partial charge in [-0.3, -0.25) is 4.98 Å². The summed E-state index contributed by atoms with van der Waals surface area (Å²) in [5.74, 6) is 3.19. The molecule has 3 aromatic rings. The van der Waals surface area contributed by atoms with E-state index in [-0.39, 0.29) is 5.75 Å². The first-order valence-corrected chi connectivity index (χ1v) is 7.48. The van der Waals surface area contributed by atoms with Gasteiger partial charge in [0.05, 0.1) is 18.4 Å². The van der Waals surface area contributed by atoms with Crippen LogP contribution in [0.4, 0.5) is 5.82 Å². The van der Waals surface area contributed by atoms with Crippen LogP contribution in [0.5, 0.6) is 5.75 Å². The summed E-state index contributed by atoms with van der Waals surface area (Å²) in [5.41, 5.74) is 2.67. The number of terminal acetylenes is 1. The van der Waals surface area contributed by atoms with E-state index in [0.29, 0.717) is 34.3 Å². The zero-order valence-corrected chi connectivity index (χ0v) is 13.3. The van der Waals surface area contributed by atoms with Crippen molar-refractivity contribution >= 4 is 34.3 Å². The summed E-state index contributed by atoms with van der Waals surface area (Å²) < 4.78 is 0. The van der Waals surface area contributed by atoms with Gasteiger partial charge in [0.1, 0.15) is 17.1 Å². The normalized spacial score (nSPS) is 10.1. The van der Waals surface area contributed by atoms with Gasteiger partial charge >= 0.3 is 0 Å². The number of aromatic nitrogens is 3. The third-order valence-corrected chi connectivity index (χ3v) is 3.41. The summed E-state index contributed by atoms with van der Waals surface area (Å²) in [6, 6.07) is 10.3. The first kappa shape index (κ1) is 15.6. The van der Waals surface area contributed by atoms with E-state index in [1.165, 1.54) is 0 Å². The first-order chi connectivity index (χ1) is 11.7. The molecule has 0 aliphatic rings. The van der Waals surface area contributed by atoms with Crippen LogP contribution in [0.25, 0.3) is 22.4 Å². The number of anilines is 1. The lowest BCUT2D eigenvalue weighted by Crippen LogP contribution is -2.28. The molecule has 24 heavy (non-hydrogen) atoms. The van der Waals surface area contributed by atoms with Crippen molar-refractivity contribution in [1.82, 2.24) is 20.3 Å². The minimum absolute atomic E-state index is 0.199. The summed E-state index contributed by atoms with van der Waals surface area (Å²) in [5, 5.41) is 15.6. The highest BCUT2D eigenvalue weighted by Crippen LogP contribution is 2.21. The van der Waals surface area contributed by atoms with E-state index in [1.807, 2.05) is 6.07 Å². The number of phenolic OH excluding ortho intramolecular Hbond substituents is 1. The Bertz CT molecular complexity index is 934. The fraction of sp³-hybridized carbons (Fsp3) is 0.0588. The molecule has 0 atom stereocenters. The number of hydrogen-bond donors (Lipinski definition) is 3. The second-order valence-corrected chi connectivity index (χ2v) is 5.26. The van der Waals surface area contributed by atoms with Crippen LogP contribution >= 0.6 is 12.2 Å². The average molecular weight is 335 g/mol. The molecule has 3 rings (SSSR count). The molecule has 0 amide bonds. The smallest absolute Gasteiger partial charge is 0.180 e. The molecular formula is C17H13N5OS. The number of rotatable bonds is 3. The van der Waals surface area contributed by atoms with Crippen LogP contribution in [0.2, 0.25) is 0 Å². The maximum Gasteiger partial charge on any atom is 0.180 e. The molecular weight excluding hydrogens is 322 g/mol. The Hall–Kier alpha value is -3.24. The summed E-state index contributed by atoms with van der Waals surface area (Å²) in [6.07, 6.45) is 6.85. The molecule has 0 unspecified atom stereocenters. The molecule has 0 saturated carbocycles. The van der Waals surface area contributed by atoms with Gasteiger partial charge in [0.2, 0.25) is 0 Å². The Morgan fingerprint density at radius 2 is 1.96 bits per heavy atom. The minimum atomic E-state index is 0.199. The quantitative estimate of drug-likeness (QED) is 0.500. The Labute approximate surface area is 144 Å². The summed E-state index contributed by atoms with van der Waals surface area (Å²) in [7, 11) is 0. The third-order valence-electron chi connectivity index (χ3n) is 3.16. The number of fused-ring (bicyclic) bond motifs is 1. The maximum atomic E-state index is 9.37. The molecule has 2 heterocycles. The monoisotopic (exact) mass is 335 g/mol. The number of aromatic hydroxyl groups is 1. The van der Waals surface area contributed by atoms with E-state index in [4.69, 9.17) is 18.6 Å². The van der Waals surface area contributed by atoms with Gasteiger partial charge in [-0.15, -0.1) is 6.42 Å². The number of nitrogens with one attached hydrogen (secondary N) is 2. The van der Waals surface area contributed by atoms with Gasteiger partial charge in [0, 0.05) is 5.56 Å². The predicted molar refractivity (Wildman–Crippen MR) is 97.5 cm³/mol. The Morgan fingerprint density at radius 1 is 1.17 bits per heavy atom. The predicted octanol–water partition coefficient (Wildman–Crippen LogP) is 2.32. The lowest BCUT2D eigenvalue weighted by molar-refractivity contribution is 0.475. The summed E-state index contributed by atoms with van der Waals surface area (Å²) in [4.78, 5) is 13.3. The van der Waals surface area contributed by atoms with E-state index >= 15 is 0 Å². The molecule has 7 heteroatoms. The van der Waals surface area contributed by atoms with Crippen molar-refractivity contribution in [1.29, 1.82) is 0 Å². The van der Waals surface area contributed by atoms with Gasteiger partial charge in [-0.25, -0.2) is 9.97 Å². The Morgan fingerprint density at radius 3 is 2.71 bits per heavy atom. The molecule has 3 N–H and O–H groups in total. The van der Waals surface area contributed by atoms with Crippen LogP contribution in [0.15, 0.2) is 42.6 Å². The van der Waals surface area contributed by atoms with Gasteiger partial charge in [-0.2, -0.15) is 0 Å². The molecule has 0 radical (unpaired) electrons. The van der Waals surface area contributed by atoms with Gasteiger partial charge < -0.3 is 15.7 Å². The molecule has 0 aliphatic heterocycles. The molecule has 0 aliphatic carbocycles. The summed E-state index contributed by atoms with van der Waals surface area (Å²) >= 11 is 5.12. The number of thiocarbonyl (C=S) groups is 1. The number of phenols is 1. The molecule has 0 fully saturated rings. The van der Waals surface area contributed by atoms with Crippen LogP contribution in [-0.2, 0) is 0 Å². The average Bonchev–Trinajstić information content (AvgIpc) is 2.60. The van der Waals surface area contributed by atoms with Gasteiger partial charge in [-0.1, -0.05) is 5.92 Å². The third kappa shape index (κ3) is 3.56. The van der Waals surface area contributed by atoms with Crippen molar-refractivity contribution < 1.29 is 5.11 Å². The second kappa shape index (κ2) is 6.89. The highest BCUT2D eigenvalue weighted by Gasteiger charge is 2.06. The topological polar surface area (TPSA) is 83.0 Å². The zero-order valence-electron chi connectivity index (χ0n) is 12.5. The standard InChI is InChI=1S/C17H13N5OS/c1-2-9-18-17(24)22-15-8-7-13-16(21-15)20-14(10-19-13)11-3-5-12(23)6-4-11/h1,3-8,10,23H,9H2,(H2,18,20,21,22,24). The van der Waals surface area contributed by atoms with Gasteiger partial charge in [0.15, 0.2) is 10.8 Å². The molecule has 6 nitrogen and oxygen atoms in total. The van der Waals surface area contributed by atoms with E-state index in [1.54, 1.807) is 36.5 Å². The maximum absolute atomic E-state index is 9.37. The molecule has 0 bridgehead atoms. The van der Waals surface area contributed by atoms with Crippen LogP contribution < -0.4 is 10.6 Å². The van der Waals surface area contributed by atoms with Gasteiger partial charge in [-0.05, 0) is 48.6 Å².